The van der Waals surface area contributed by atoms with Crippen LogP contribution < -0.4 is 10.6 Å². The first kappa shape index (κ1) is 14.8. The van der Waals surface area contributed by atoms with Crippen LogP contribution in [0.25, 0.3) is 0 Å². The summed E-state index contributed by atoms with van der Waals surface area (Å²) in [5.74, 6) is -1.43. The zero-order valence-electron chi connectivity index (χ0n) is 10.8. The maximum absolute atomic E-state index is 11.5. The quantitative estimate of drug-likeness (QED) is 0.590. The van der Waals surface area contributed by atoms with Crippen LogP contribution in [0.5, 0.6) is 5.75 Å². The fourth-order valence-corrected chi connectivity index (χ4v) is 1.33. The number of aromatic carboxylic acids is 1. The molecule has 1 rings (SSSR count). The Labute approximate surface area is 110 Å². The molecule has 7 nitrogen and oxygen atoms in total. The zero-order chi connectivity index (χ0) is 14.4. The minimum atomic E-state index is -1.14. The first-order valence-electron chi connectivity index (χ1n) is 5.66. The molecule has 2 amide bonds. The fraction of sp³-hybridized carbons (Fsp3) is 0.333. The molecule has 0 aromatic heterocycles. The van der Waals surface area contributed by atoms with E-state index in [1.165, 1.54) is 12.1 Å². The van der Waals surface area contributed by atoms with Crippen LogP contribution in [0.4, 0.5) is 10.5 Å². The largest absolute Gasteiger partial charge is 0.506 e. The Morgan fingerprint density at radius 2 is 2.00 bits per heavy atom. The SMILES string of the molecule is CN(C)CCNC(=O)Nc1ccc(C(=O)O)cc1O. The molecule has 0 saturated heterocycles. The number of carboxylic acid groups (broad SMARTS) is 1. The summed E-state index contributed by atoms with van der Waals surface area (Å²) in [6, 6.07) is 3.26. The predicted molar refractivity (Wildman–Crippen MR) is 70.6 cm³/mol. The average Bonchev–Trinajstić information content (AvgIpc) is 2.31. The second-order valence-corrected chi connectivity index (χ2v) is 4.22. The Balaban J connectivity index is 2.57. The molecule has 0 bridgehead atoms. The summed E-state index contributed by atoms with van der Waals surface area (Å²) >= 11 is 0. The molecule has 0 fully saturated rings. The van der Waals surface area contributed by atoms with Crippen LogP contribution in [-0.2, 0) is 0 Å². The molecule has 19 heavy (non-hydrogen) atoms. The molecule has 0 aliphatic carbocycles. The summed E-state index contributed by atoms with van der Waals surface area (Å²) in [6.07, 6.45) is 0. The van der Waals surface area contributed by atoms with Gasteiger partial charge in [-0.15, -0.1) is 0 Å². The molecule has 0 aliphatic rings. The smallest absolute Gasteiger partial charge is 0.335 e. The highest BCUT2D eigenvalue weighted by Crippen LogP contribution is 2.24. The molecule has 0 aliphatic heterocycles. The average molecular weight is 267 g/mol. The second-order valence-electron chi connectivity index (χ2n) is 4.22. The summed E-state index contributed by atoms with van der Waals surface area (Å²) in [5, 5.41) is 23.4. The Morgan fingerprint density at radius 3 is 2.53 bits per heavy atom. The molecule has 0 atom stereocenters. The van der Waals surface area contributed by atoms with Gasteiger partial charge >= 0.3 is 12.0 Å². The molecule has 1 aromatic carbocycles. The number of nitrogens with zero attached hydrogens (tertiary/aromatic N) is 1. The van der Waals surface area contributed by atoms with E-state index < -0.39 is 12.0 Å². The van der Waals surface area contributed by atoms with Crippen LogP contribution in [0, 0.1) is 0 Å². The van der Waals surface area contributed by atoms with E-state index in [1.54, 1.807) is 0 Å². The van der Waals surface area contributed by atoms with E-state index in [1.807, 2.05) is 19.0 Å². The number of anilines is 1. The number of likely N-dealkylation sites (N-methyl/N-ethyl adjacent to an activating group) is 1. The van der Waals surface area contributed by atoms with E-state index in [0.29, 0.717) is 13.1 Å². The lowest BCUT2D eigenvalue weighted by molar-refractivity contribution is 0.0696. The van der Waals surface area contributed by atoms with E-state index in [9.17, 15) is 14.7 Å². The summed E-state index contributed by atoms with van der Waals surface area (Å²) in [7, 11) is 3.77. The van der Waals surface area contributed by atoms with Gasteiger partial charge in [0.25, 0.3) is 0 Å². The fourth-order valence-electron chi connectivity index (χ4n) is 1.33. The van der Waals surface area contributed by atoms with Gasteiger partial charge in [-0.05, 0) is 32.3 Å². The molecule has 0 spiro atoms. The lowest BCUT2D eigenvalue weighted by Crippen LogP contribution is -2.34. The number of carbonyl (C=O) groups is 2. The predicted octanol–water partition coefficient (Wildman–Crippen LogP) is 0.773. The highest BCUT2D eigenvalue weighted by molar-refractivity contribution is 5.93. The minimum Gasteiger partial charge on any atom is -0.506 e. The van der Waals surface area contributed by atoms with Crippen LogP contribution in [0.3, 0.4) is 0 Å². The van der Waals surface area contributed by atoms with Crippen molar-refractivity contribution in [2.45, 2.75) is 0 Å². The van der Waals surface area contributed by atoms with Gasteiger partial charge in [0, 0.05) is 13.1 Å². The van der Waals surface area contributed by atoms with Crippen molar-refractivity contribution in [1.82, 2.24) is 10.2 Å². The second kappa shape index (κ2) is 6.60. The van der Waals surface area contributed by atoms with Gasteiger partial charge in [-0.25, -0.2) is 9.59 Å². The maximum Gasteiger partial charge on any atom is 0.335 e. The molecule has 1 aromatic rings. The maximum atomic E-state index is 11.5. The first-order chi connectivity index (χ1) is 8.90. The van der Waals surface area contributed by atoms with Gasteiger partial charge < -0.3 is 25.7 Å². The summed E-state index contributed by atoms with van der Waals surface area (Å²) in [6.45, 7) is 1.16. The van der Waals surface area contributed by atoms with E-state index in [-0.39, 0.29) is 17.0 Å². The van der Waals surface area contributed by atoms with Gasteiger partial charge in [0.15, 0.2) is 0 Å². The number of phenols is 1. The van der Waals surface area contributed by atoms with Gasteiger partial charge in [-0.2, -0.15) is 0 Å². The van der Waals surface area contributed by atoms with Gasteiger partial charge in [0.1, 0.15) is 5.75 Å². The van der Waals surface area contributed by atoms with Crippen molar-refractivity contribution in [3.8, 4) is 5.75 Å². The lowest BCUT2D eigenvalue weighted by Gasteiger charge is -2.12. The number of amides is 2. The number of benzene rings is 1. The number of aromatic hydroxyl groups is 1. The lowest BCUT2D eigenvalue weighted by atomic mass is 10.2. The Bertz CT molecular complexity index is 474. The van der Waals surface area contributed by atoms with Crippen LogP contribution in [0.15, 0.2) is 18.2 Å². The Kier molecular flexibility index (Phi) is 5.13. The van der Waals surface area contributed by atoms with Gasteiger partial charge in [-0.1, -0.05) is 0 Å². The van der Waals surface area contributed by atoms with E-state index in [0.717, 1.165) is 6.07 Å². The van der Waals surface area contributed by atoms with Crippen molar-refractivity contribution in [2.75, 3.05) is 32.5 Å². The standard InChI is InChI=1S/C12H17N3O4/c1-15(2)6-5-13-12(19)14-9-4-3-8(11(17)18)7-10(9)16/h3-4,7,16H,5-6H2,1-2H3,(H,17,18)(H2,13,14,19). The molecular formula is C12H17N3O4. The van der Waals surface area contributed by atoms with E-state index in [2.05, 4.69) is 10.6 Å². The number of hydrogen-bond donors (Lipinski definition) is 4. The van der Waals surface area contributed by atoms with Crippen molar-refractivity contribution >= 4 is 17.7 Å². The van der Waals surface area contributed by atoms with Crippen LogP contribution in [0.1, 0.15) is 10.4 Å². The molecule has 7 heteroatoms. The van der Waals surface area contributed by atoms with Crippen LogP contribution >= 0.6 is 0 Å². The number of carboxylic acids is 1. The molecule has 4 N–H and O–H groups in total. The van der Waals surface area contributed by atoms with Crippen molar-refractivity contribution in [3.05, 3.63) is 23.8 Å². The summed E-state index contributed by atoms with van der Waals surface area (Å²) in [4.78, 5) is 24.1. The minimum absolute atomic E-state index is 0.0453. The third-order valence-electron chi connectivity index (χ3n) is 2.34. The summed E-state index contributed by atoms with van der Waals surface area (Å²) < 4.78 is 0. The topological polar surface area (TPSA) is 102 Å². The third-order valence-corrected chi connectivity index (χ3v) is 2.34. The third kappa shape index (κ3) is 4.84. The zero-order valence-corrected chi connectivity index (χ0v) is 10.8. The van der Waals surface area contributed by atoms with Crippen LogP contribution in [-0.4, -0.2) is 54.3 Å². The number of rotatable bonds is 5. The van der Waals surface area contributed by atoms with Gasteiger partial charge in [0.05, 0.1) is 11.3 Å². The molecule has 0 heterocycles. The molecule has 0 radical (unpaired) electrons. The van der Waals surface area contributed by atoms with Crippen molar-refractivity contribution in [2.24, 2.45) is 0 Å². The number of phenolic OH excluding ortho intramolecular Hbond substituents is 1. The van der Waals surface area contributed by atoms with Crippen LogP contribution in [0.2, 0.25) is 0 Å². The van der Waals surface area contributed by atoms with Crippen molar-refractivity contribution < 1.29 is 19.8 Å². The van der Waals surface area contributed by atoms with Gasteiger partial charge in [0.2, 0.25) is 0 Å². The summed E-state index contributed by atoms with van der Waals surface area (Å²) in [5.41, 5.74) is 0.114. The number of carbonyl (C=O) groups excluding carboxylic acids is 1. The Hall–Kier alpha value is -2.28. The molecular weight excluding hydrogens is 250 g/mol. The van der Waals surface area contributed by atoms with Crippen molar-refractivity contribution in [3.63, 3.8) is 0 Å². The molecule has 104 valence electrons. The highest BCUT2D eigenvalue weighted by Gasteiger charge is 2.09. The Morgan fingerprint density at radius 1 is 1.32 bits per heavy atom. The van der Waals surface area contributed by atoms with E-state index in [4.69, 9.17) is 5.11 Å². The van der Waals surface area contributed by atoms with E-state index >= 15 is 0 Å². The number of urea groups is 1. The number of hydrogen-bond acceptors (Lipinski definition) is 4. The first-order valence-corrected chi connectivity index (χ1v) is 5.66. The molecule has 0 unspecified atom stereocenters. The highest BCUT2D eigenvalue weighted by atomic mass is 16.4. The number of nitrogens with one attached hydrogen (secondary N) is 2. The normalized spacial score (nSPS) is 10.3. The molecule has 0 saturated carbocycles. The van der Waals surface area contributed by atoms with Gasteiger partial charge in [-0.3, -0.25) is 0 Å². The van der Waals surface area contributed by atoms with Crippen molar-refractivity contribution in [1.29, 1.82) is 0 Å². The monoisotopic (exact) mass is 267 g/mol.